The third-order valence-corrected chi connectivity index (χ3v) is 3.32. The van der Waals surface area contributed by atoms with Gasteiger partial charge in [-0.2, -0.15) is 0 Å². The average molecular weight is 256 g/mol. The monoisotopic (exact) mass is 256 g/mol. The van der Waals surface area contributed by atoms with Crippen LogP contribution in [-0.4, -0.2) is 50.2 Å². The molecule has 4 heteroatoms. The molecule has 106 valence electrons. The molecule has 1 aliphatic rings. The number of nitrogens with one attached hydrogen (secondary N) is 1. The zero-order valence-electron chi connectivity index (χ0n) is 11.7. The first-order chi connectivity index (χ1) is 8.84. The van der Waals surface area contributed by atoms with Gasteiger partial charge in [-0.25, -0.2) is 0 Å². The van der Waals surface area contributed by atoms with Crippen molar-refractivity contribution in [1.82, 2.24) is 10.2 Å². The first-order valence-corrected chi connectivity index (χ1v) is 7.41. The number of amides is 1. The Morgan fingerprint density at radius 3 is 2.56 bits per heavy atom. The predicted octanol–water partition coefficient (Wildman–Crippen LogP) is 1.80. The Morgan fingerprint density at radius 1 is 1.11 bits per heavy atom. The van der Waals surface area contributed by atoms with Crippen LogP contribution in [0.2, 0.25) is 0 Å². The van der Waals surface area contributed by atoms with Crippen LogP contribution in [0.5, 0.6) is 0 Å². The van der Waals surface area contributed by atoms with Crippen LogP contribution in [0.4, 0.5) is 0 Å². The molecule has 1 fully saturated rings. The minimum atomic E-state index is 0.238. The van der Waals surface area contributed by atoms with Gasteiger partial charge in [-0.15, -0.1) is 0 Å². The highest BCUT2D eigenvalue weighted by Crippen LogP contribution is 2.03. The van der Waals surface area contributed by atoms with E-state index in [9.17, 15) is 4.79 Å². The van der Waals surface area contributed by atoms with Crippen molar-refractivity contribution in [3.63, 3.8) is 0 Å². The molecule has 1 saturated heterocycles. The molecular weight excluding hydrogens is 228 g/mol. The number of carbonyl (C=O) groups is 1. The molecule has 1 N–H and O–H groups in total. The Morgan fingerprint density at radius 2 is 1.83 bits per heavy atom. The van der Waals surface area contributed by atoms with Crippen LogP contribution in [0.25, 0.3) is 0 Å². The van der Waals surface area contributed by atoms with Gasteiger partial charge in [0.1, 0.15) is 0 Å². The molecule has 0 aromatic heterocycles. The lowest BCUT2D eigenvalue weighted by Gasteiger charge is -2.27. The van der Waals surface area contributed by atoms with Crippen molar-refractivity contribution in [2.24, 2.45) is 0 Å². The second-order valence-corrected chi connectivity index (χ2v) is 4.91. The van der Waals surface area contributed by atoms with Gasteiger partial charge in [-0.05, 0) is 6.42 Å². The standard InChI is InChI=1S/C14H28N2O2/c1-2-3-4-5-6-12-18-13-7-14(17)16-10-8-15-9-11-16/h15H,2-13H2,1H3. The van der Waals surface area contributed by atoms with Gasteiger partial charge in [-0.3, -0.25) is 4.79 Å². The maximum atomic E-state index is 11.8. The third-order valence-electron chi connectivity index (χ3n) is 3.32. The first-order valence-electron chi connectivity index (χ1n) is 7.41. The number of rotatable bonds is 9. The molecule has 18 heavy (non-hydrogen) atoms. The average Bonchev–Trinajstić information content (AvgIpc) is 2.42. The van der Waals surface area contributed by atoms with Crippen molar-refractivity contribution >= 4 is 5.91 Å². The second kappa shape index (κ2) is 10.3. The second-order valence-electron chi connectivity index (χ2n) is 4.91. The fourth-order valence-electron chi connectivity index (χ4n) is 2.14. The number of hydrogen-bond donors (Lipinski definition) is 1. The summed E-state index contributed by atoms with van der Waals surface area (Å²) in [6, 6.07) is 0. The summed E-state index contributed by atoms with van der Waals surface area (Å²) in [5.74, 6) is 0.238. The highest BCUT2D eigenvalue weighted by Gasteiger charge is 2.15. The number of unbranched alkanes of at least 4 members (excludes halogenated alkanes) is 4. The summed E-state index contributed by atoms with van der Waals surface area (Å²) in [4.78, 5) is 13.7. The van der Waals surface area contributed by atoms with Crippen molar-refractivity contribution in [3.05, 3.63) is 0 Å². The lowest BCUT2D eigenvalue weighted by molar-refractivity contribution is -0.132. The van der Waals surface area contributed by atoms with E-state index < -0.39 is 0 Å². The molecule has 1 amide bonds. The fourth-order valence-corrected chi connectivity index (χ4v) is 2.14. The van der Waals surface area contributed by atoms with Crippen LogP contribution in [-0.2, 0) is 9.53 Å². The predicted molar refractivity (Wildman–Crippen MR) is 73.6 cm³/mol. The van der Waals surface area contributed by atoms with Gasteiger partial charge in [-0.1, -0.05) is 32.6 Å². The largest absolute Gasteiger partial charge is 0.381 e. The van der Waals surface area contributed by atoms with E-state index in [0.29, 0.717) is 13.0 Å². The van der Waals surface area contributed by atoms with Gasteiger partial charge >= 0.3 is 0 Å². The molecular formula is C14H28N2O2. The minimum absolute atomic E-state index is 0.238. The van der Waals surface area contributed by atoms with Crippen LogP contribution < -0.4 is 5.32 Å². The molecule has 0 unspecified atom stereocenters. The molecule has 0 aliphatic carbocycles. The van der Waals surface area contributed by atoms with Crippen molar-refractivity contribution < 1.29 is 9.53 Å². The van der Waals surface area contributed by atoms with E-state index in [1.54, 1.807) is 0 Å². The summed E-state index contributed by atoms with van der Waals surface area (Å²) in [6.07, 6.45) is 6.82. The van der Waals surface area contributed by atoms with E-state index in [1.807, 2.05) is 4.90 Å². The fraction of sp³-hybridized carbons (Fsp3) is 0.929. The van der Waals surface area contributed by atoms with Gasteiger partial charge in [0, 0.05) is 32.8 Å². The molecule has 0 atom stereocenters. The van der Waals surface area contributed by atoms with E-state index in [0.717, 1.165) is 39.2 Å². The van der Waals surface area contributed by atoms with Gasteiger partial charge in [0.05, 0.1) is 13.0 Å². The molecule has 0 radical (unpaired) electrons. The number of nitrogens with zero attached hydrogens (tertiary/aromatic N) is 1. The van der Waals surface area contributed by atoms with E-state index in [2.05, 4.69) is 12.2 Å². The Labute approximate surface area is 111 Å². The van der Waals surface area contributed by atoms with E-state index in [1.165, 1.54) is 25.7 Å². The highest BCUT2D eigenvalue weighted by atomic mass is 16.5. The summed E-state index contributed by atoms with van der Waals surface area (Å²) in [6.45, 7) is 7.13. The molecule has 0 saturated carbocycles. The third kappa shape index (κ3) is 6.97. The Balaban J connectivity index is 1.89. The van der Waals surface area contributed by atoms with Crippen LogP contribution in [0.1, 0.15) is 45.4 Å². The quantitative estimate of drug-likeness (QED) is 0.640. The van der Waals surface area contributed by atoms with E-state index >= 15 is 0 Å². The molecule has 0 spiro atoms. The SMILES string of the molecule is CCCCCCCOCCC(=O)N1CCNCC1. The van der Waals surface area contributed by atoms with Crippen LogP contribution in [0.15, 0.2) is 0 Å². The molecule has 1 heterocycles. The van der Waals surface area contributed by atoms with Gasteiger partial charge in [0.2, 0.25) is 5.91 Å². The topological polar surface area (TPSA) is 41.6 Å². The van der Waals surface area contributed by atoms with E-state index in [-0.39, 0.29) is 5.91 Å². The molecule has 1 rings (SSSR count). The smallest absolute Gasteiger partial charge is 0.224 e. The summed E-state index contributed by atoms with van der Waals surface area (Å²) in [5.41, 5.74) is 0. The molecule has 1 aliphatic heterocycles. The lowest BCUT2D eigenvalue weighted by atomic mass is 10.2. The van der Waals surface area contributed by atoms with Gasteiger partial charge in [0.15, 0.2) is 0 Å². The van der Waals surface area contributed by atoms with Crippen LogP contribution in [0, 0.1) is 0 Å². The van der Waals surface area contributed by atoms with Crippen molar-refractivity contribution in [2.45, 2.75) is 45.4 Å². The van der Waals surface area contributed by atoms with Crippen molar-refractivity contribution in [2.75, 3.05) is 39.4 Å². The summed E-state index contributed by atoms with van der Waals surface area (Å²) in [5, 5.41) is 3.25. The zero-order valence-corrected chi connectivity index (χ0v) is 11.7. The Bertz CT molecular complexity index is 216. The Kier molecular flexibility index (Phi) is 8.86. The molecule has 0 aromatic rings. The number of piperazine rings is 1. The molecule has 4 nitrogen and oxygen atoms in total. The van der Waals surface area contributed by atoms with Gasteiger partial charge < -0.3 is 15.0 Å². The maximum Gasteiger partial charge on any atom is 0.224 e. The molecule has 0 bridgehead atoms. The van der Waals surface area contributed by atoms with Crippen LogP contribution in [0.3, 0.4) is 0 Å². The maximum absolute atomic E-state index is 11.8. The summed E-state index contributed by atoms with van der Waals surface area (Å²) >= 11 is 0. The zero-order chi connectivity index (χ0) is 13.1. The number of carbonyl (C=O) groups excluding carboxylic acids is 1. The summed E-state index contributed by atoms with van der Waals surface area (Å²) < 4.78 is 5.51. The number of hydrogen-bond acceptors (Lipinski definition) is 3. The minimum Gasteiger partial charge on any atom is -0.381 e. The van der Waals surface area contributed by atoms with Crippen LogP contribution >= 0.6 is 0 Å². The van der Waals surface area contributed by atoms with E-state index in [4.69, 9.17) is 4.74 Å². The molecule has 0 aromatic carbocycles. The Hall–Kier alpha value is -0.610. The lowest BCUT2D eigenvalue weighted by Crippen LogP contribution is -2.46. The first kappa shape index (κ1) is 15.4. The highest BCUT2D eigenvalue weighted by molar-refractivity contribution is 5.76. The van der Waals surface area contributed by atoms with Gasteiger partial charge in [0.25, 0.3) is 0 Å². The van der Waals surface area contributed by atoms with Crippen molar-refractivity contribution in [1.29, 1.82) is 0 Å². The summed E-state index contributed by atoms with van der Waals surface area (Å²) in [7, 11) is 0. The number of ether oxygens (including phenoxy) is 1. The normalized spacial score (nSPS) is 15.9. The van der Waals surface area contributed by atoms with Crippen molar-refractivity contribution in [3.8, 4) is 0 Å².